The van der Waals surface area contributed by atoms with E-state index in [1.165, 1.54) is 43.5 Å². The second-order valence-corrected chi connectivity index (χ2v) is 7.11. The van der Waals surface area contributed by atoms with E-state index in [1.54, 1.807) is 0 Å². The summed E-state index contributed by atoms with van der Waals surface area (Å²) in [7, 11) is 0. The Labute approximate surface area is 167 Å². The molecule has 1 N–H and O–H groups in total. The molecule has 1 saturated carbocycles. The lowest BCUT2D eigenvalue weighted by molar-refractivity contribution is -0.149. The van der Waals surface area contributed by atoms with Gasteiger partial charge in [-0.1, -0.05) is 32.1 Å². The largest absolute Gasteiger partial charge is 0.454 e. The number of nitrogens with zero attached hydrogens (tertiary/aromatic N) is 2. The third-order valence-electron chi connectivity index (χ3n) is 4.81. The molecule has 1 aromatic heterocycles. The minimum absolute atomic E-state index is 0.0372. The number of aromatic nitrogens is 2. The van der Waals surface area contributed by atoms with E-state index in [0.717, 1.165) is 30.4 Å². The van der Waals surface area contributed by atoms with Crippen LogP contribution in [0, 0.1) is 5.82 Å². The van der Waals surface area contributed by atoms with Crippen molar-refractivity contribution in [3.05, 3.63) is 40.6 Å². The van der Waals surface area contributed by atoms with E-state index in [-0.39, 0.29) is 17.8 Å². The van der Waals surface area contributed by atoms with Gasteiger partial charge in [0, 0.05) is 11.6 Å². The number of ether oxygens (including phenoxy) is 1. The molecule has 1 aromatic carbocycles. The normalized spacial score (nSPS) is 15.3. The third-order valence-corrected chi connectivity index (χ3v) is 4.81. The number of rotatable bonds is 6. The van der Waals surface area contributed by atoms with Crippen molar-refractivity contribution < 1.29 is 23.1 Å². The minimum Gasteiger partial charge on any atom is -0.454 e. The number of esters is 1. The highest BCUT2D eigenvalue weighted by Crippen LogP contribution is 2.17. The van der Waals surface area contributed by atoms with E-state index < -0.39 is 30.7 Å². The van der Waals surface area contributed by atoms with E-state index >= 15 is 0 Å². The molecule has 0 unspecified atom stereocenters. The molecule has 1 heterocycles. The molecule has 9 heteroatoms. The SMILES string of the molecule is O=C(COC(=O)Cn1nc(-c2ccc(F)cc2)oc1=O)NC1CCCCCCC1. The quantitative estimate of drug-likeness (QED) is 0.741. The molecule has 0 spiro atoms. The predicted octanol–water partition coefficient (Wildman–Crippen LogP) is 2.41. The van der Waals surface area contributed by atoms with Gasteiger partial charge in [-0.25, -0.2) is 9.18 Å². The first-order valence-corrected chi connectivity index (χ1v) is 9.80. The molecule has 29 heavy (non-hydrogen) atoms. The van der Waals surface area contributed by atoms with Crippen LogP contribution in [0.3, 0.4) is 0 Å². The highest BCUT2D eigenvalue weighted by Gasteiger charge is 2.17. The molecule has 8 nitrogen and oxygen atoms in total. The zero-order valence-electron chi connectivity index (χ0n) is 16.1. The van der Waals surface area contributed by atoms with Crippen molar-refractivity contribution in [1.29, 1.82) is 0 Å². The smallest absolute Gasteiger partial charge is 0.437 e. The Bertz CT molecular complexity index is 882. The van der Waals surface area contributed by atoms with Gasteiger partial charge in [0.05, 0.1) is 0 Å². The van der Waals surface area contributed by atoms with Gasteiger partial charge in [0.25, 0.3) is 5.91 Å². The lowest BCUT2D eigenvalue weighted by Crippen LogP contribution is -2.38. The monoisotopic (exact) mass is 405 g/mol. The average molecular weight is 405 g/mol. The fraction of sp³-hybridized carbons (Fsp3) is 0.500. The van der Waals surface area contributed by atoms with Crippen molar-refractivity contribution >= 4 is 11.9 Å². The van der Waals surface area contributed by atoms with Crippen molar-refractivity contribution in [3.63, 3.8) is 0 Å². The summed E-state index contributed by atoms with van der Waals surface area (Å²) in [6, 6.07) is 5.33. The molecule has 156 valence electrons. The highest BCUT2D eigenvalue weighted by atomic mass is 19.1. The minimum atomic E-state index is -0.847. The molecule has 3 rings (SSSR count). The van der Waals surface area contributed by atoms with Crippen molar-refractivity contribution in [2.75, 3.05) is 6.61 Å². The molecule has 1 aliphatic rings. The Morgan fingerprint density at radius 3 is 2.48 bits per heavy atom. The maximum Gasteiger partial charge on any atom is 0.437 e. The Hall–Kier alpha value is -2.97. The molecule has 0 bridgehead atoms. The fourth-order valence-corrected chi connectivity index (χ4v) is 3.30. The van der Waals surface area contributed by atoms with Gasteiger partial charge >= 0.3 is 11.7 Å². The van der Waals surface area contributed by atoms with Crippen LogP contribution < -0.4 is 11.1 Å². The molecule has 1 fully saturated rings. The first kappa shape index (κ1) is 20.8. The second kappa shape index (κ2) is 9.99. The summed E-state index contributed by atoms with van der Waals surface area (Å²) in [6.45, 7) is -0.896. The number of carbonyl (C=O) groups excluding carboxylic acids is 2. The van der Waals surface area contributed by atoms with Gasteiger partial charge in [0.2, 0.25) is 5.89 Å². The standard InChI is InChI=1S/C20H24FN3O5/c21-15-10-8-14(9-11-15)19-23-24(20(27)29-19)12-18(26)28-13-17(25)22-16-6-4-2-1-3-5-7-16/h8-11,16H,1-7,12-13H2,(H,22,25). The number of halogens is 1. The number of nitrogens with one attached hydrogen (secondary N) is 1. The zero-order valence-corrected chi connectivity index (χ0v) is 16.1. The molecule has 0 atom stereocenters. The summed E-state index contributed by atoms with van der Waals surface area (Å²) >= 11 is 0. The summed E-state index contributed by atoms with van der Waals surface area (Å²) in [5.41, 5.74) is 0.397. The molecular formula is C20H24FN3O5. The molecule has 2 aromatic rings. The lowest BCUT2D eigenvalue weighted by atomic mass is 9.97. The number of benzene rings is 1. The van der Waals surface area contributed by atoms with Crippen LogP contribution in [0.15, 0.2) is 33.5 Å². The molecule has 1 aliphatic carbocycles. The van der Waals surface area contributed by atoms with Gasteiger partial charge in [0.1, 0.15) is 12.4 Å². The number of amides is 1. The van der Waals surface area contributed by atoms with Crippen molar-refractivity contribution in [2.24, 2.45) is 0 Å². The van der Waals surface area contributed by atoms with Gasteiger partial charge in [-0.2, -0.15) is 4.68 Å². The maximum absolute atomic E-state index is 13.0. The van der Waals surface area contributed by atoms with Gasteiger partial charge in [-0.15, -0.1) is 5.10 Å². The Kier molecular flexibility index (Phi) is 7.15. The van der Waals surface area contributed by atoms with E-state index in [4.69, 9.17) is 9.15 Å². The van der Waals surface area contributed by atoms with Crippen LogP contribution in [-0.4, -0.2) is 34.3 Å². The van der Waals surface area contributed by atoms with Crippen LogP contribution >= 0.6 is 0 Å². The zero-order chi connectivity index (χ0) is 20.6. The van der Waals surface area contributed by atoms with Crippen molar-refractivity contribution in [2.45, 2.75) is 57.5 Å². The molecule has 1 amide bonds. The first-order chi connectivity index (χ1) is 14.0. The van der Waals surface area contributed by atoms with Crippen LogP contribution in [0.4, 0.5) is 4.39 Å². The third kappa shape index (κ3) is 6.27. The highest BCUT2D eigenvalue weighted by molar-refractivity contribution is 5.80. The van der Waals surface area contributed by atoms with Crippen LogP contribution in [0.5, 0.6) is 0 Å². The van der Waals surface area contributed by atoms with Crippen LogP contribution in [0.1, 0.15) is 44.9 Å². The second-order valence-electron chi connectivity index (χ2n) is 7.11. The Morgan fingerprint density at radius 2 is 1.79 bits per heavy atom. The van der Waals surface area contributed by atoms with Crippen molar-refractivity contribution in [1.82, 2.24) is 15.1 Å². The van der Waals surface area contributed by atoms with E-state index in [2.05, 4.69) is 10.4 Å². The predicted molar refractivity (Wildman–Crippen MR) is 101 cm³/mol. The summed E-state index contributed by atoms with van der Waals surface area (Å²) < 4.78 is 23.7. The average Bonchev–Trinajstić information content (AvgIpc) is 3.03. The van der Waals surface area contributed by atoms with E-state index in [0.29, 0.717) is 5.56 Å². The van der Waals surface area contributed by atoms with Gasteiger partial charge in [-0.05, 0) is 37.1 Å². The molecule has 0 radical (unpaired) electrons. The van der Waals surface area contributed by atoms with Gasteiger partial charge in [0.15, 0.2) is 6.61 Å². The van der Waals surface area contributed by atoms with Crippen LogP contribution in [0.25, 0.3) is 11.5 Å². The van der Waals surface area contributed by atoms with Gasteiger partial charge < -0.3 is 14.5 Å². The first-order valence-electron chi connectivity index (χ1n) is 9.80. The summed E-state index contributed by atoms with van der Waals surface area (Å²) in [4.78, 5) is 35.8. The molecule has 0 saturated heterocycles. The maximum atomic E-state index is 13.0. The van der Waals surface area contributed by atoms with Crippen LogP contribution in [-0.2, 0) is 20.9 Å². The topological polar surface area (TPSA) is 103 Å². The summed E-state index contributed by atoms with van der Waals surface area (Å²) in [6.07, 6.45) is 7.61. The number of hydrogen-bond donors (Lipinski definition) is 1. The summed E-state index contributed by atoms with van der Waals surface area (Å²) in [5, 5.41) is 6.80. The molecular weight excluding hydrogens is 381 g/mol. The van der Waals surface area contributed by atoms with Crippen LogP contribution in [0.2, 0.25) is 0 Å². The fourth-order valence-electron chi connectivity index (χ4n) is 3.30. The Morgan fingerprint density at radius 1 is 1.14 bits per heavy atom. The van der Waals surface area contributed by atoms with E-state index in [1.807, 2.05) is 0 Å². The number of carbonyl (C=O) groups is 2. The van der Waals surface area contributed by atoms with Crippen molar-refractivity contribution in [3.8, 4) is 11.5 Å². The number of hydrogen-bond acceptors (Lipinski definition) is 6. The Balaban J connectivity index is 1.48. The van der Waals surface area contributed by atoms with Gasteiger partial charge in [-0.3, -0.25) is 9.59 Å². The molecule has 0 aliphatic heterocycles. The lowest BCUT2D eigenvalue weighted by Gasteiger charge is -2.20. The summed E-state index contributed by atoms with van der Waals surface area (Å²) in [5.74, 6) is -2.45. The van der Waals surface area contributed by atoms with E-state index in [9.17, 15) is 18.8 Å².